The molecule has 7 nitrogen and oxygen atoms in total. The molecule has 1 aromatic rings. The molecule has 0 bridgehead atoms. The second-order valence-electron chi connectivity index (χ2n) is 5.02. The normalized spacial score (nSPS) is 23.9. The van der Waals surface area contributed by atoms with Crippen LogP contribution in [0, 0.1) is 22.0 Å². The maximum absolute atomic E-state index is 12.5. The average molecular weight is 299 g/mol. The molecular weight excluding hydrogens is 282 g/mol. The van der Waals surface area contributed by atoms with Crippen molar-refractivity contribution >= 4 is 15.7 Å². The molecule has 2 atom stereocenters. The minimum Gasteiger partial charge on any atom is -0.330 e. The summed E-state index contributed by atoms with van der Waals surface area (Å²) >= 11 is 0. The lowest BCUT2D eigenvalue weighted by atomic mass is 9.99. The summed E-state index contributed by atoms with van der Waals surface area (Å²) in [6.07, 6.45) is 0. The third-order valence-corrected chi connectivity index (χ3v) is 5.60. The van der Waals surface area contributed by atoms with Crippen molar-refractivity contribution in [2.24, 2.45) is 17.6 Å². The Morgan fingerprint density at radius 2 is 2.05 bits per heavy atom. The van der Waals surface area contributed by atoms with Crippen molar-refractivity contribution in [2.75, 3.05) is 19.6 Å². The van der Waals surface area contributed by atoms with Crippen LogP contribution in [-0.4, -0.2) is 37.3 Å². The first-order chi connectivity index (χ1) is 9.37. The quantitative estimate of drug-likeness (QED) is 0.654. The summed E-state index contributed by atoms with van der Waals surface area (Å²) in [4.78, 5) is 10.0. The van der Waals surface area contributed by atoms with Crippen molar-refractivity contribution < 1.29 is 13.3 Å². The van der Waals surface area contributed by atoms with Crippen LogP contribution in [0.25, 0.3) is 0 Å². The molecule has 1 aliphatic heterocycles. The average Bonchev–Trinajstić information content (AvgIpc) is 2.80. The zero-order chi connectivity index (χ0) is 14.9. The van der Waals surface area contributed by atoms with Gasteiger partial charge in [-0.05, 0) is 24.4 Å². The molecule has 1 fully saturated rings. The highest BCUT2D eigenvalue weighted by Crippen LogP contribution is 2.31. The van der Waals surface area contributed by atoms with Gasteiger partial charge in [-0.15, -0.1) is 0 Å². The molecule has 2 rings (SSSR count). The largest absolute Gasteiger partial charge is 0.330 e. The standard InChI is InChI=1S/C12H17N3O4S/c1-9-7-14(8-10(9)6-13)20(18,19)12-5-3-2-4-11(12)15(16)17/h2-5,9-10H,6-8,13H2,1H3. The molecule has 1 aromatic carbocycles. The van der Waals surface area contributed by atoms with E-state index >= 15 is 0 Å². The van der Waals surface area contributed by atoms with Crippen molar-refractivity contribution in [3.05, 3.63) is 34.4 Å². The summed E-state index contributed by atoms with van der Waals surface area (Å²) in [5.74, 6) is 0.241. The first-order valence-electron chi connectivity index (χ1n) is 6.31. The molecule has 2 N–H and O–H groups in total. The fraction of sp³-hybridized carbons (Fsp3) is 0.500. The molecule has 0 spiro atoms. The van der Waals surface area contributed by atoms with Gasteiger partial charge in [0.05, 0.1) is 4.92 Å². The van der Waals surface area contributed by atoms with Crippen LogP contribution in [0.4, 0.5) is 5.69 Å². The number of nitro groups is 1. The maximum Gasteiger partial charge on any atom is 0.289 e. The molecule has 2 unspecified atom stereocenters. The summed E-state index contributed by atoms with van der Waals surface area (Å²) in [5.41, 5.74) is 5.22. The second-order valence-corrected chi connectivity index (χ2v) is 6.93. The van der Waals surface area contributed by atoms with Crippen LogP contribution in [0.1, 0.15) is 6.92 Å². The predicted octanol–water partition coefficient (Wildman–Crippen LogP) is 0.810. The fourth-order valence-electron chi connectivity index (χ4n) is 2.45. The lowest BCUT2D eigenvalue weighted by molar-refractivity contribution is -0.387. The first-order valence-corrected chi connectivity index (χ1v) is 7.75. The van der Waals surface area contributed by atoms with Crippen LogP contribution < -0.4 is 5.73 Å². The molecule has 110 valence electrons. The zero-order valence-electron chi connectivity index (χ0n) is 11.1. The fourth-order valence-corrected chi connectivity index (χ4v) is 4.21. The minimum absolute atomic E-state index is 0.0903. The molecule has 8 heteroatoms. The highest BCUT2D eigenvalue weighted by molar-refractivity contribution is 7.89. The number of para-hydroxylation sites is 1. The minimum atomic E-state index is -3.85. The molecule has 1 saturated heterocycles. The molecule has 0 aliphatic carbocycles. The molecule has 0 saturated carbocycles. The number of sulfonamides is 1. The van der Waals surface area contributed by atoms with Gasteiger partial charge in [0, 0.05) is 19.2 Å². The van der Waals surface area contributed by atoms with Crippen molar-refractivity contribution in [3.8, 4) is 0 Å². The van der Waals surface area contributed by atoms with Gasteiger partial charge in [0.25, 0.3) is 5.69 Å². The number of rotatable bonds is 4. The van der Waals surface area contributed by atoms with Gasteiger partial charge in [0.15, 0.2) is 4.90 Å². The van der Waals surface area contributed by atoms with Gasteiger partial charge in [0.1, 0.15) is 0 Å². The number of hydrogen-bond donors (Lipinski definition) is 1. The number of nitrogens with zero attached hydrogens (tertiary/aromatic N) is 2. The number of benzene rings is 1. The number of nitro benzene ring substituents is 1. The van der Waals surface area contributed by atoms with Crippen molar-refractivity contribution in [2.45, 2.75) is 11.8 Å². The molecule has 0 amide bonds. The summed E-state index contributed by atoms with van der Waals surface area (Å²) in [6, 6.07) is 5.41. The van der Waals surface area contributed by atoms with E-state index in [1.54, 1.807) is 0 Å². The summed E-state index contributed by atoms with van der Waals surface area (Å²) in [7, 11) is -3.85. The Hall–Kier alpha value is -1.51. The van der Waals surface area contributed by atoms with Crippen LogP contribution in [-0.2, 0) is 10.0 Å². The van der Waals surface area contributed by atoms with E-state index in [1.165, 1.54) is 28.6 Å². The molecular formula is C12H17N3O4S. The van der Waals surface area contributed by atoms with Crippen LogP contribution in [0.3, 0.4) is 0 Å². The van der Waals surface area contributed by atoms with Crippen LogP contribution in [0.5, 0.6) is 0 Å². The highest BCUT2D eigenvalue weighted by Gasteiger charge is 2.39. The van der Waals surface area contributed by atoms with Gasteiger partial charge < -0.3 is 5.73 Å². The van der Waals surface area contributed by atoms with E-state index in [0.29, 0.717) is 19.6 Å². The van der Waals surface area contributed by atoms with Crippen LogP contribution in [0.2, 0.25) is 0 Å². The molecule has 20 heavy (non-hydrogen) atoms. The molecule has 0 radical (unpaired) electrons. The lowest BCUT2D eigenvalue weighted by Crippen LogP contribution is -2.30. The third-order valence-electron chi connectivity index (χ3n) is 3.72. The maximum atomic E-state index is 12.5. The van der Waals surface area contributed by atoms with Gasteiger partial charge in [-0.3, -0.25) is 10.1 Å². The van der Waals surface area contributed by atoms with Crippen LogP contribution >= 0.6 is 0 Å². The summed E-state index contributed by atoms with van der Waals surface area (Å²) in [5, 5.41) is 11.0. The number of hydrogen-bond acceptors (Lipinski definition) is 5. The third kappa shape index (κ3) is 2.54. The Morgan fingerprint density at radius 3 is 2.60 bits per heavy atom. The van der Waals surface area contributed by atoms with Crippen LogP contribution in [0.15, 0.2) is 29.2 Å². The topological polar surface area (TPSA) is 107 Å². The molecule has 0 aromatic heterocycles. The van der Waals surface area contributed by atoms with E-state index in [-0.39, 0.29) is 16.7 Å². The summed E-state index contributed by atoms with van der Waals surface area (Å²) < 4.78 is 26.4. The Bertz CT molecular complexity index is 617. The van der Waals surface area contributed by atoms with E-state index in [2.05, 4.69) is 0 Å². The predicted molar refractivity (Wildman–Crippen MR) is 73.6 cm³/mol. The van der Waals surface area contributed by atoms with Crippen molar-refractivity contribution in [1.29, 1.82) is 0 Å². The monoisotopic (exact) mass is 299 g/mol. The Kier molecular flexibility index (Phi) is 4.07. The van der Waals surface area contributed by atoms with E-state index in [9.17, 15) is 18.5 Å². The van der Waals surface area contributed by atoms with E-state index < -0.39 is 20.6 Å². The van der Waals surface area contributed by atoms with E-state index in [0.717, 1.165) is 0 Å². The second kappa shape index (κ2) is 5.47. The van der Waals surface area contributed by atoms with Gasteiger partial charge in [0.2, 0.25) is 10.0 Å². The van der Waals surface area contributed by atoms with Gasteiger partial charge >= 0.3 is 0 Å². The van der Waals surface area contributed by atoms with Crippen molar-refractivity contribution in [3.63, 3.8) is 0 Å². The highest BCUT2D eigenvalue weighted by atomic mass is 32.2. The molecule has 1 aliphatic rings. The number of nitrogens with two attached hydrogens (primary N) is 1. The van der Waals surface area contributed by atoms with E-state index in [4.69, 9.17) is 5.73 Å². The lowest BCUT2D eigenvalue weighted by Gasteiger charge is -2.16. The Morgan fingerprint density at radius 1 is 1.40 bits per heavy atom. The van der Waals surface area contributed by atoms with Gasteiger partial charge in [-0.1, -0.05) is 19.1 Å². The van der Waals surface area contributed by atoms with Crippen molar-refractivity contribution in [1.82, 2.24) is 4.31 Å². The van der Waals surface area contributed by atoms with E-state index in [1.807, 2.05) is 6.92 Å². The smallest absolute Gasteiger partial charge is 0.289 e. The Balaban J connectivity index is 2.40. The Labute approximate surface area is 117 Å². The first kappa shape index (κ1) is 14.9. The SMILES string of the molecule is CC1CN(S(=O)(=O)c2ccccc2[N+](=O)[O-])CC1CN. The zero-order valence-corrected chi connectivity index (χ0v) is 11.9. The van der Waals surface area contributed by atoms with Gasteiger partial charge in [-0.2, -0.15) is 4.31 Å². The summed E-state index contributed by atoms with van der Waals surface area (Å²) in [6.45, 7) is 3.00. The molecule has 1 heterocycles. The van der Waals surface area contributed by atoms with Gasteiger partial charge in [-0.25, -0.2) is 8.42 Å².